The fraction of sp³-hybridized carbons (Fsp3) is 0.0476. The van der Waals surface area contributed by atoms with E-state index >= 15 is 0 Å². The quantitative estimate of drug-likeness (QED) is 0.477. The van der Waals surface area contributed by atoms with E-state index in [-0.39, 0.29) is 28.7 Å². The van der Waals surface area contributed by atoms with Crippen molar-refractivity contribution in [3.63, 3.8) is 0 Å². The molecule has 0 unspecified atom stereocenters. The molecule has 9 nitrogen and oxygen atoms in total. The Bertz CT molecular complexity index is 1270. The zero-order valence-corrected chi connectivity index (χ0v) is 16.6. The van der Waals surface area contributed by atoms with Gasteiger partial charge in [0.15, 0.2) is 0 Å². The lowest BCUT2D eigenvalue weighted by atomic mass is 10.2. The lowest BCUT2D eigenvalue weighted by Gasteiger charge is -2.09. The summed E-state index contributed by atoms with van der Waals surface area (Å²) in [6.07, 6.45) is 1.15. The van der Waals surface area contributed by atoms with Gasteiger partial charge in [0.1, 0.15) is 0 Å². The molecule has 0 bridgehead atoms. The monoisotopic (exact) mass is 453 g/mol. The number of carbonyl (C=O) groups excluding carboxylic acids is 2. The molecule has 2 amide bonds. The van der Waals surface area contributed by atoms with Crippen molar-refractivity contribution in [1.82, 2.24) is 24.7 Å². The first kappa shape index (κ1) is 21.6. The Kier molecular flexibility index (Phi) is 5.81. The molecule has 4 aromatic rings. The number of rotatable bonds is 5. The number of nitrogens with zero attached hydrogens (tertiary/aromatic N) is 5. The number of nitrogens with one attached hydrogen (secondary N) is 2. The number of carbonyl (C=O) groups is 2. The summed E-state index contributed by atoms with van der Waals surface area (Å²) in [6.45, 7) is 0. The predicted octanol–water partition coefficient (Wildman–Crippen LogP) is 3.58. The molecular weight excluding hydrogens is 439 g/mol. The van der Waals surface area contributed by atoms with Crippen LogP contribution in [0.5, 0.6) is 0 Å². The number of alkyl halides is 3. The highest BCUT2D eigenvalue weighted by Gasteiger charge is 2.30. The van der Waals surface area contributed by atoms with Crippen molar-refractivity contribution in [1.29, 1.82) is 0 Å². The predicted molar refractivity (Wildman–Crippen MR) is 111 cm³/mol. The molecule has 12 heteroatoms. The van der Waals surface area contributed by atoms with E-state index in [1.807, 2.05) is 0 Å². The van der Waals surface area contributed by atoms with E-state index in [2.05, 4.69) is 30.7 Å². The van der Waals surface area contributed by atoms with Crippen molar-refractivity contribution in [3.8, 4) is 5.69 Å². The molecule has 166 valence electrons. The Labute approximate surface area is 184 Å². The van der Waals surface area contributed by atoms with Gasteiger partial charge in [-0.2, -0.15) is 22.8 Å². The van der Waals surface area contributed by atoms with Crippen LogP contribution in [0.4, 0.5) is 25.1 Å². The van der Waals surface area contributed by atoms with Gasteiger partial charge < -0.3 is 0 Å². The Balaban J connectivity index is 1.67. The SMILES string of the molecule is O=C(Nc1nc(NC(=O)c2cccnc2)n(-c2ccc(C(F)(F)F)cc2)n1)c1cccnc1. The summed E-state index contributed by atoms with van der Waals surface area (Å²) in [5, 5.41) is 9.13. The van der Waals surface area contributed by atoms with Crippen LogP contribution in [0.15, 0.2) is 73.3 Å². The molecule has 0 saturated carbocycles. The van der Waals surface area contributed by atoms with Gasteiger partial charge >= 0.3 is 6.18 Å². The van der Waals surface area contributed by atoms with Crippen molar-refractivity contribution < 1.29 is 22.8 Å². The minimum absolute atomic E-state index is 0.120. The Morgan fingerprint density at radius 2 is 1.39 bits per heavy atom. The molecule has 0 spiro atoms. The third kappa shape index (κ3) is 5.01. The van der Waals surface area contributed by atoms with Crippen LogP contribution in [0.2, 0.25) is 0 Å². The number of hydrogen-bond donors (Lipinski definition) is 2. The van der Waals surface area contributed by atoms with Gasteiger partial charge in [0, 0.05) is 24.8 Å². The second-order valence-corrected chi connectivity index (χ2v) is 6.61. The Hall–Kier alpha value is -4.61. The number of halogens is 3. The molecule has 0 atom stereocenters. The van der Waals surface area contributed by atoms with E-state index in [4.69, 9.17) is 0 Å². The maximum absolute atomic E-state index is 12.9. The van der Waals surface area contributed by atoms with E-state index in [0.29, 0.717) is 0 Å². The molecular formula is C21H14F3N7O2. The highest BCUT2D eigenvalue weighted by Crippen LogP contribution is 2.30. The average molecular weight is 453 g/mol. The molecule has 3 aromatic heterocycles. The van der Waals surface area contributed by atoms with E-state index < -0.39 is 23.6 Å². The van der Waals surface area contributed by atoms with E-state index in [1.54, 1.807) is 12.1 Å². The number of anilines is 2. The molecule has 0 aliphatic carbocycles. The van der Waals surface area contributed by atoms with Crippen LogP contribution < -0.4 is 10.6 Å². The fourth-order valence-electron chi connectivity index (χ4n) is 2.76. The summed E-state index contributed by atoms with van der Waals surface area (Å²) in [4.78, 5) is 36.8. The summed E-state index contributed by atoms with van der Waals surface area (Å²) in [6, 6.07) is 10.3. The van der Waals surface area contributed by atoms with E-state index in [0.717, 1.165) is 16.8 Å². The summed E-state index contributed by atoms with van der Waals surface area (Å²) < 4.78 is 39.9. The van der Waals surface area contributed by atoms with Gasteiger partial charge in [0.25, 0.3) is 17.8 Å². The van der Waals surface area contributed by atoms with Crippen molar-refractivity contribution in [3.05, 3.63) is 90.0 Å². The van der Waals surface area contributed by atoms with Gasteiger partial charge in [0.2, 0.25) is 5.95 Å². The van der Waals surface area contributed by atoms with E-state index in [1.165, 1.54) is 49.1 Å². The largest absolute Gasteiger partial charge is 0.416 e. The van der Waals surface area contributed by atoms with Crippen molar-refractivity contribution in [2.24, 2.45) is 0 Å². The van der Waals surface area contributed by atoms with E-state index in [9.17, 15) is 22.8 Å². The molecule has 1 aromatic carbocycles. The third-order valence-corrected chi connectivity index (χ3v) is 4.34. The van der Waals surface area contributed by atoms with Gasteiger partial charge in [-0.3, -0.25) is 30.2 Å². The van der Waals surface area contributed by atoms with Crippen LogP contribution in [0.3, 0.4) is 0 Å². The lowest BCUT2D eigenvalue weighted by molar-refractivity contribution is -0.137. The number of aromatic nitrogens is 5. The molecule has 0 radical (unpaired) electrons. The lowest BCUT2D eigenvalue weighted by Crippen LogP contribution is -2.16. The van der Waals surface area contributed by atoms with Crippen LogP contribution >= 0.6 is 0 Å². The molecule has 0 fully saturated rings. The fourth-order valence-corrected chi connectivity index (χ4v) is 2.76. The number of pyridine rings is 2. The highest BCUT2D eigenvalue weighted by molar-refractivity contribution is 6.04. The standard InChI is InChI=1S/C21H14F3N7O2/c22-21(23,24)15-5-7-16(8-6-15)31-20(28-18(33)14-4-2-10-26-12-14)29-19(30-31)27-17(32)13-3-1-9-25-11-13/h1-12H,(H2,27,28,29,30,32,33). The Morgan fingerprint density at radius 1 is 0.818 bits per heavy atom. The maximum Gasteiger partial charge on any atom is 0.416 e. The normalized spacial score (nSPS) is 11.1. The molecule has 0 aliphatic heterocycles. The van der Waals surface area contributed by atoms with Crippen molar-refractivity contribution in [2.45, 2.75) is 6.18 Å². The molecule has 4 rings (SSSR count). The first-order valence-electron chi connectivity index (χ1n) is 9.39. The second-order valence-electron chi connectivity index (χ2n) is 6.61. The zero-order valence-electron chi connectivity index (χ0n) is 16.6. The maximum atomic E-state index is 12.9. The van der Waals surface area contributed by atoms with Crippen molar-refractivity contribution in [2.75, 3.05) is 10.6 Å². The van der Waals surface area contributed by atoms with Gasteiger partial charge in [-0.05, 0) is 48.5 Å². The first-order chi connectivity index (χ1) is 15.8. The topological polar surface area (TPSA) is 115 Å². The number of hydrogen-bond acceptors (Lipinski definition) is 6. The highest BCUT2D eigenvalue weighted by atomic mass is 19.4. The van der Waals surface area contributed by atoms with Crippen molar-refractivity contribution >= 4 is 23.7 Å². The molecule has 0 aliphatic rings. The molecule has 2 N–H and O–H groups in total. The molecule has 33 heavy (non-hydrogen) atoms. The van der Waals surface area contributed by atoms with Crippen LogP contribution in [0.25, 0.3) is 5.69 Å². The summed E-state index contributed by atoms with van der Waals surface area (Å²) in [5.74, 6) is -1.43. The smallest absolute Gasteiger partial charge is 0.290 e. The minimum atomic E-state index is -4.51. The summed E-state index contributed by atoms with van der Waals surface area (Å²) >= 11 is 0. The van der Waals surface area contributed by atoms with Gasteiger partial charge in [-0.15, -0.1) is 5.10 Å². The third-order valence-electron chi connectivity index (χ3n) is 4.34. The zero-order chi connectivity index (χ0) is 23.4. The van der Waals surface area contributed by atoms with Gasteiger partial charge in [-0.1, -0.05) is 0 Å². The van der Waals surface area contributed by atoms with Crippen LogP contribution in [0, 0.1) is 0 Å². The average Bonchev–Trinajstić information content (AvgIpc) is 3.21. The van der Waals surface area contributed by atoms with Crippen LogP contribution in [-0.2, 0) is 6.18 Å². The molecule has 3 heterocycles. The van der Waals surface area contributed by atoms with Crippen LogP contribution in [0.1, 0.15) is 26.3 Å². The minimum Gasteiger partial charge on any atom is -0.290 e. The van der Waals surface area contributed by atoms with Gasteiger partial charge in [-0.25, -0.2) is 0 Å². The van der Waals surface area contributed by atoms with Crippen LogP contribution in [-0.4, -0.2) is 36.5 Å². The van der Waals surface area contributed by atoms with Gasteiger partial charge in [0.05, 0.1) is 22.4 Å². The molecule has 0 saturated heterocycles. The second kappa shape index (κ2) is 8.86. The summed E-state index contributed by atoms with van der Waals surface area (Å²) in [7, 11) is 0. The first-order valence-corrected chi connectivity index (χ1v) is 9.39. The Morgan fingerprint density at radius 3 is 1.91 bits per heavy atom. The number of benzene rings is 1. The summed E-state index contributed by atoms with van der Waals surface area (Å²) in [5.41, 5.74) is -0.207. The number of amides is 2.